The van der Waals surface area contributed by atoms with Gasteiger partial charge in [-0.05, 0) is 24.5 Å². The molecule has 2 rings (SSSR count). The molecule has 0 fully saturated rings. The minimum absolute atomic E-state index is 0.251. The number of aryl methyl sites for hydroxylation is 1. The van der Waals surface area contributed by atoms with Crippen molar-refractivity contribution in [2.75, 3.05) is 0 Å². The van der Waals surface area contributed by atoms with Crippen molar-refractivity contribution in [2.24, 2.45) is 13.0 Å². The topological polar surface area (TPSA) is 76.9 Å². The largest absolute Gasteiger partial charge is 0.252 e. The molecule has 0 aliphatic carbocycles. The van der Waals surface area contributed by atoms with Gasteiger partial charge in [0.1, 0.15) is 12.2 Å². The zero-order valence-corrected chi connectivity index (χ0v) is 13.2. The van der Waals surface area contributed by atoms with E-state index < -0.39 is 16.1 Å². The summed E-state index contributed by atoms with van der Waals surface area (Å²) in [5.74, 6) is 0.938. The smallest absolute Gasteiger partial charge is 0.241 e. The minimum Gasteiger partial charge on any atom is -0.252 e. The van der Waals surface area contributed by atoms with Crippen LogP contribution in [0.15, 0.2) is 41.6 Å². The summed E-state index contributed by atoms with van der Waals surface area (Å²) in [6, 6.07) is 7.94. The van der Waals surface area contributed by atoms with Gasteiger partial charge < -0.3 is 0 Å². The highest BCUT2D eigenvalue weighted by molar-refractivity contribution is 7.89. The summed E-state index contributed by atoms with van der Waals surface area (Å²) in [7, 11) is -1.82. The summed E-state index contributed by atoms with van der Waals surface area (Å²) in [6.45, 7) is 4.08. The van der Waals surface area contributed by atoms with Gasteiger partial charge in [-0.2, -0.15) is 5.10 Å². The summed E-state index contributed by atoms with van der Waals surface area (Å²) in [5.41, 5.74) is 0. The SMILES string of the molecule is CC(C)CC(NS(=O)(=O)c1ccccc1)c1ncnn1C. The van der Waals surface area contributed by atoms with Gasteiger partial charge in [0.05, 0.1) is 10.9 Å². The molecule has 1 aromatic heterocycles. The standard InChI is InChI=1S/C14H20N4O2S/c1-11(2)9-13(14-15-10-16-18(14)3)17-21(19,20)12-7-5-4-6-8-12/h4-8,10-11,13,17H,9H2,1-3H3. The molecule has 1 heterocycles. The number of benzene rings is 1. The van der Waals surface area contributed by atoms with Gasteiger partial charge in [-0.25, -0.2) is 18.1 Å². The van der Waals surface area contributed by atoms with Crippen LogP contribution in [0, 0.1) is 5.92 Å². The Balaban J connectivity index is 2.29. The van der Waals surface area contributed by atoms with Crippen molar-refractivity contribution in [2.45, 2.75) is 31.2 Å². The maximum atomic E-state index is 12.5. The van der Waals surface area contributed by atoms with Gasteiger partial charge >= 0.3 is 0 Å². The third kappa shape index (κ3) is 3.89. The average molecular weight is 308 g/mol. The van der Waals surface area contributed by atoms with Crippen LogP contribution < -0.4 is 4.72 Å². The quantitative estimate of drug-likeness (QED) is 0.884. The van der Waals surface area contributed by atoms with Gasteiger partial charge in [0, 0.05) is 7.05 Å². The van der Waals surface area contributed by atoms with Crippen LogP contribution in [0.1, 0.15) is 32.1 Å². The molecule has 7 heteroatoms. The molecule has 1 unspecified atom stereocenters. The molecule has 0 radical (unpaired) electrons. The summed E-state index contributed by atoms with van der Waals surface area (Å²) in [5, 5.41) is 4.02. The van der Waals surface area contributed by atoms with Crippen molar-refractivity contribution in [3.63, 3.8) is 0 Å². The third-order valence-electron chi connectivity index (χ3n) is 3.12. The van der Waals surface area contributed by atoms with Crippen molar-refractivity contribution >= 4 is 10.0 Å². The highest BCUT2D eigenvalue weighted by Gasteiger charge is 2.25. The van der Waals surface area contributed by atoms with E-state index in [0.29, 0.717) is 18.2 Å². The Hall–Kier alpha value is -1.73. The zero-order chi connectivity index (χ0) is 15.5. The van der Waals surface area contributed by atoms with Crippen molar-refractivity contribution in [1.82, 2.24) is 19.5 Å². The molecule has 114 valence electrons. The number of hydrogen-bond donors (Lipinski definition) is 1. The Bertz CT molecular complexity index is 680. The fourth-order valence-corrected chi connectivity index (χ4v) is 3.38. The Morgan fingerprint density at radius 1 is 1.24 bits per heavy atom. The average Bonchev–Trinajstić information content (AvgIpc) is 2.84. The Labute approximate surface area is 125 Å². The number of nitrogens with zero attached hydrogens (tertiary/aromatic N) is 3. The molecule has 0 spiro atoms. The van der Waals surface area contributed by atoms with Crippen LogP contribution in [0.3, 0.4) is 0 Å². The van der Waals surface area contributed by atoms with Crippen LogP contribution in [0.25, 0.3) is 0 Å². The maximum absolute atomic E-state index is 12.5. The lowest BCUT2D eigenvalue weighted by Gasteiger charge is -2.19. The Morgan fingerprint density at radius 3 is 2.43 bits per heavy atom. The molecule has 1 N–H and O–H groups in total. The molecule has 0 aliphatic heterocycles. The van der Waals surface area contributed by atoms with Crippen LogP contribution in [-0.2, 0) is 17.1 Å². The first-order chi connectivity index (χ1) is 9.90. The molecular weight excluding hydrogens is 288 g/mol. The molecule has 0 saturated carbocycles. The molecule has 0 aliphatic rings. The number of rotatable bonds is 6. The Kier molecular flexibility index (Phi) is 4.74. The van der Waals surface area contributed by atoms with E-state index in [1.54, 1.807) is 42.1 Å². The molecule has 1 aromatic carbocycles. The molecule has 0 bridgehead atoms. The number of nitrogens with one attached hydrogen (secondary N) is 1. The first-order valence-corrected chi connectivity index (χ1v) is 8.29. The zero-order valence-electron chi connectivity index (χ0n) is 12.4. The van der Waals surface area contributed by atoms with E-state index in [1.165, 1.54) is 6.33 Å². The van der Waals surface area contributed by atoms with E-state index in [4.69, 9.17) is 0 Å². The molecule has 1 atom stereocenters. The highest BCUT2D eigenvalue weighted by Crippen LogP contribution is 2.21. The summed E-state index contributed by atoms with van der Waals surface area (Å²) in [4.78, 5) is 4.42. The van der Waals surface area contributed by atoms with Crippen molar-refractivity contribution in [1.29, 1.82) is 0 Å². The third-order valence-corrected chi connectivity index (χ3v) is 4.60. The van der Waals surface area contributed by atoms with Gasteiger partial charge in [-0.1, -0.05) is 32.0 Å². The van der Waals surface area contributed by atoms with Gasteiger partial charge in [0.15, 0.2) is 0 Å². The van der Waals surface area contributed by atoms with Crippen LogP contribution in [0.4, 0.5) is 0 Å². The molecule has 6 nitrogen and oxygen atoms in total. The van der Waals surface area contributed by atoms with Gasteiger partial charge in [0.2, 0.25) is 10.0 Å². The summed E-state index contributed by atoms with van der Waals surface area (Å²) >= 11 is 0. The normalized spacial score (nSPS) is 13.5. The van der Waals surface area contributed by atoms with Gasteiger partial charge in [0.25, 0.3) is 0 Å². The van der Waals surface area contributed by atoms with E-state index in [2.05, 4.69) is 14.8 Å². The lowest BCUT2D eigenvalue weighted by atomic mass is 10.0. The van der Waals surface area contributed by atoms with Crippen molar-refractivity contribution < 1.29 is 8.42 Å². The second-order valence-electron chi connectivity index (χ2n) is 5.36. The summed E-state index contributed by atoms with van der Waals surface area (Å²) in [6.07, 6.45) is 2.08. The lowest BCUT2D eigenvalue weighted by Crippen LogP contribution is -2.31. The predicted molar refractivity (Wildman–Crippen MR) is 80.0 cm³/mol. The Morgan fingerprint density at radius 2 is 1.90 bits per heavy atom. The van der Waals surface area contributed by atoms with E-state index in [0.717, 1.165) is 0 Å². The molecule has 2 aromatic rings. The van der Waals surface area contributed by atoms with E-state index in [1.807, 2.05) is 13.8 Å². The first kappa shape index (κ1) is 15.7. The number of hydrogen-bond acceptors (Lipinski definition) is 4. The molecule has 21 heavy (non-hydrogen) atoms. The van der Waals surface area contributed by atoms with Crippen LogP contribution in [0.2, 0.25) is 0 Å². The monoisotopic (exact) mass is 308 g/mol. The fourth-order valence-electron chi connectivity index (χ4n) is 2.15. The second-order valence-corrected chi connectivity index (χ2v) is 7.07. The maximum Gasteiger partial charge on any atom is 0.241 e. The molecule has 0 saturated heterocycles. The minimum atomic E-state index is -3.58. The molecule has 0 amide bonds. The van der Waals surface area contributed by atoms with Crippen LogP contribution in [-0.4, -0.2) is 23.2 Å². The lowest BCUT2D eigenvalue weighted by molar-refractivity contribution is 0.443. The van der Waals surface area contributed by atoms with Gasteiger partial charge in [-0.15, -0.1) is 0 Å². The van der Waals surface area contributed by atoms with Crippen molar-refractivity contribution in [3.05, 3.63) is 42.5 Å². The predicted octanol–water partition coefficient (Wildman–Crippen LogP) is 1.88. The first-order valence-electron chi connectivity index (χ1n) is 6.81. The fraction of sp³-hybridized carbons (Fsp3) is 0.429. The summed E-state index contributed by atoms with van der Waals surface area (Å²) < 4.78 is 29.3. The number of sulfonamides is 1. The van der Waals surface area contributed by atoms with Crippen LogP contribution in [0.5, 0.6) is 0 Å². The van der Waals surface area contributed by atoms with Crippen LogP contribution >= 0.6 is 0 Å². The van der Waals surface area contributed by atoms with E-state index in [9.17, 15) is 8.42 Å². The number of aromatic nitrogens is 3. The highest BCUT2D eigenvalue weighted by atomic mass is 32.2. The van der Waals surface area contributed by atoms with Crippen molar-refractivity contribution in [3.8, 4) is 0 Å². The van der Waals surface area contributed by atoms with E-state index >= 15 is 0 Å². The molecular formula is C14H20N4O2S. The van der Waals surface area contributed by atoms with Gasteiger partial charge in [-0.3, -0.25) is 4.68 Å². The van der Waals surface area contributed by atoms with E-state index in [-0.39, 0.29) is 4.90 Å². The second kappa shape index (κ2) is 6.36.